The molecule has 0 aliphatic rings. The molecular weight excluding hydrogens is 234 g/mol. The van der Waals surface area contributed by atoms with Crippen LogP contribution in [0, 0.1) is 0 Å². The lowest BCUT2D eigenvalue weighted by Gasteiger charge is -2.09. The number of ether oxygens (including phenoxy) is 1. The van der Waals surface area contributed by atoms with Gasteiger partial charge in [-0.05, 0) is 33.6 Å². The van der Waals surface area contributed by atoms with Crippen LogP contribution < -0.4 is 4.74 Å². The summed E-state index contributed by atoms with van der Waals surface area (Å²) in [6.07, 6.45) is 0. The molecule has 1 N–H and O–H groups in total. The standard InChI is InChI=1S/C9H12BrNO2/c1-11(12)6-7-3-4-9(13-2)8(10)5-7/h3-5,12H,6H2,1-2H3. The van der Waals surface area contributed by atoms with Crippen molar-refractivity contribution in [2.24, 2.45) is 0 Å². The third-order valence-corrected chi connectivity index (χ3v) is 2.25. The Labute approximate surface area is 86.0 Å². The molecule has 3 nitrogen and oxygen atoms in total. The lowest BCUT2D eigenvalue weighted by molar-refractivity contribution is -0.0731. The molecule has 0 saturated carbocycles. The number of hydrogen-bond acceptors (Lipinski definition) is 3. The molecule has 4 heteroatoms. The fourth-order valence-corrected chi connectivity index (χ4v) is 1.66. The van der Waals surface area contributed by atoms with Gasteiger partial charge in [0.2, 0.25) is 0 Å². The number of hydroxylamine groups is 2. The molecular formula is C9H12BrNO2. The first-order valence-electron chi connectivity index (χ1n) is 3.86. The maximum atomic E-state index is 9.01. The van der Waals surface area contributed by atoms with Gasteiger partial charge in [-0.25, -0.2) is 0 Å². The van der Waals surface area contributed by atoms with Gasteiger partial charge in [-0.1, -0.05) is 6.07 Å². The van der Waals surface area contributed by atoms with Crippen molar-refractivity contribution >= 4 is 15.9 Å². The van der Waals surface area contributed by atoms with Crippen LogP contribution in [0.3, 0.4) is 0 Å². The minimum absolute atomic E-state index is 0.503. The molecule has 0 aliphatic heterocycles. The lowest BCUT2D eigenvalue weighted by Crippen LogP contribution is -2.11. The molecule has 0 fully saturated rings. The average molecular weight is 246 g/mol. The number of methoxy groups -OCH3 is 1. The van der Waals surface area contributed by atoms with Crippen LogP contribution in [0.4, 0.5) is 0 Å². The SMILES string of the molecule is COc1ccc(CN(C)O)cc1Br. The summed E-state index contributed by atoms with van der Waals surface area (Å²) in [6, 6.07) is 5.70. The fraction of sp³-hybridized carbons (Fsp3) is 0.333. The number of benzene rings is 1. The fourth-order valence-electron chi connectivity index (χ4n) is 1.07. The van der Waals surface area contributed by atoms with Crippen molar-refractivity contribution in [1.82, 2.24) is 5.06 Å². The lowest BCUT2D eigenvalue weighted by atomic mass is 10.2. The van der Waals surface area contributed by atoms with Gasteiger partial charge < -0.3 is 9.94 Å². The van der Waals surface area contributed by atoms with Crippen LogP contribution in [0.25, 0.3) is 0 Å². The highest BCUT2D eigenvalue weighted by atomic mass is 79.9. The van der Waals surface area contributed by atoms with E-state index in [0.29, 0.717) is 6.54 Å². The first-order chi connectivity index (χ1) is 6.13. The zero-order valence-electron chi connectivity index (χ0n) is 7.62. The molecule has 0 unspecified atom stereocenters. The molecule has 0 radical (unpaired) electrons. The summed E-state index contributed by atoms with van der Waals surface area (Å²) < 4.78 is 5.98. The van der Waals surface area contributed by atoms with Crippen LogP contribution in [0.2, 0.25) is 0 Å². The van der Waals surface area contributed by atoms with Crippen LogP contribution in [-0.2, 0) is 6.54 Å². The molecule has 0 spiro atoms. The van der Waals surface area contributed by atoms with Gasteiger partial charge in [-0.2, -0.15) is 5.06 Å². The molecule has 1 aromatic rings. The molecule has 1 rings (SSSR count). The quantitative estimate of drug-likeness (QED) is 0.830. The van der Waals surface area contributed by atoms with Gasteiger partial charge in [-0.3, -0.25) is 0 Å². The van der Waals surface area contributed by atoms with E-state index in [2.05, 4.69) is 15.9 Å². The van der Waals surface area contributed by atoms with Gasteiger partial charge in [0.25, 0.3) is 0 Å². The molecule has 1 aromatic carbocycles. The van der Waals surface area contributed by atoms with Gasteiger partial charge in [0.05, 0.1) is 11.6 Å². The molecule has 0 saturated heterocycles. The Hall–Kier alpha value is -0.580. The van der Waals surface area contributed by atoms with E-state index < -0.39 is 0 Å². The second kappa shape index (κ2) is 4.60. The zero-order valence-corrected chi connectivity index (χ0v) is 9.21. The van der Waals surface area contributed by atoms with Gasteiger partial charge in [0, 0.05) is 13.6 Å². The van der Waals surface area contributed by atoms with Gasteiger partial charge in [0.1, 0.15) is 5.75 Å². The van der Waals surface area contributed by atoms with E-state index in [0.717, 1.165) is 20.8 Å². The first-order valence-corrected chi connectivity index (χ1v) is 4.65. The second-order valence-electron chi connectivity index (χ2n) is 2.78. The van der Waals surface area contributed by atoms with E-state index in [1.165, 1.54) is 0 Å². The van der Waals surface area contributed by atoms with Crippen LogP contribution in [0.1, 0.15) is 5.56 Å². The molecule has 0 heterocycles. The number of hydrogen-bond donors (Lipinski definition) is 1. The monoisotopic (exact) mass is 245 g/mol. The number of nitrogens with zero attached hydrogens (tertiary/aromatic N) is 1. The highest BCUT2D eigenvalue weighted by molar-refractivity contribution is 9.10. The van der Waals surface area contributed by atoms with Crippen LogP contribution in [0.15, 0.2) is 22.7 Å². The van der Waals surface area contributed by atoms with E-state index >= 15 is 0 Å². The molecule has 0 bridgehead atoms. The van der Waals surface area contributed by atoms with Crippen molar-refractivity contribution in [2.45, 2.75) is 6.54 Å². The van der Waals surface area contributed by atoms with E-state index in [1.807, 2.05) is 18.2 Å². The largest absolute Gasteiger partial charge is 0.496 e. The highest BCUT2D eigenvalue weighted by Crippen LogP contribution is 2.25. The van der Waals surface area contributed by atoms with Gasteiger partial charge >= 0.3 is 0 Å². The van der Waals surface area contributed by atoms with E-state index in [9.17, 15) is 0 Å². The predicted molar refractivity (Wildman–Crippen MR) is 53.9 cm³/mol. The molecule has 13 heavy (non-hydrogen) atoms. The third kappa shape index (κ3) is 2.99. The predicted octanol–water partition coefficient (Wildman–Crippen LogP) is 2.28. The Kier molecular flexibility index (Phi) is 3.71. The minimum Gasteiger partial charge on any atom is -0.496 e. The Bertz CT molecular complexity index is 289. The highest BCUT2D eigenvalue weighted by Gasteiger charge is 2.02. The first kappa shape index (κ1) is 10.5. The smallest absolute Gasteiger partial charge is 0.133 e. The average Bonchev–Trinajstić information content (AvgIpc) is 2.03. The third-order valence-electron chi connectivity index (χ3n) is 1.63. The Morgan fingerprint density at radius 1 is 1.54 bits per heavy atom. The summed E-state index contributed by atoms with van der Waals surface area (Å²) in [5.41, 5.74) is 1.03. The van der Waals surface area contributed by atoms with Crippen LogP contribution >= 0.6 is 15.9 Å². The van der Waals surface area contributed by atoms with Gasteiger partial charge in [0.15, 0.2) is 0 Å². The maximum absolute atomic E-state index is 9.01. The van der Waals surface area contributed by atoms with E-state index in [1.54, 1.807) is 14.2 Å². The summed E-state index contributed by atoms with van der Waals surface area (Å²) in [5.74, 6) is 0.796. The molecule has 0 amide bonds. The minimum atomic E-state index is 0.503. The molecule has 0 atom stereocenters. The summed E-state index contributed by atoms with van der Waals surface area (Å²) in [7, 11) is 3.23. The van der Waals surface area contributed by atoms with E-state index in [-0.39, 0.29) is 0 Å². The van der Waals surface area contributed by atoms with Crippen molar-refractivity contribution in [1.29, 1.82) is 0 Å². The maximum Gasteiger partial charge on any atom is 0.133 e. The summed E-state index contributed by atoms with van der Waals surface area (Å²) >= 11 is 3.37. The van der Waals surface area contributed by atoms with Gasteiger partial charge in [-0.15, -0.1) is 0 Å². The van der Waals surface area contributed by atoms with Crippen LogP contribution in [-0.4, -0.2) is 24.4 Å². The van der Waals surface area contributed by atoms with Crippen molar-refractivity contribution in [2.75, 3.05) is 14.2 Å². The summed E-state index contributed by atoms with van der Waals surface area (Å²) in [4.78, 5) is 0. The van der Waals surface area contributed by atoms with E-state index in [4.69, 9.17) is 9.94 Å². The normalized spacial score (nSPS) is 10.5. The van der Waals surface area contributed by atoms with Crippen LogP contribution in [0.5, 0.6) is 5.75 Å². The van der Waals surface area contributed by atoms with Crippen molar-refractivity contribution in [3.63, 3.8) is 0 Å². The summed E-state index contributed by atoms with van der Waals surface area (Å²) in [5, 5.41) is 10.1. The summed E-state index contributed by atoms with van der Waals surface area (Å²) in [6.45, 7) is 0.503. The van der Waals surface area contributed by atoms with Crippen molar-refractivity contribution in [3.05, 3.63) is 28.2 Å². The van der Waals surface area contributed by atoms with Crippen molar-refractivity contribution < 1.29 is 9.94 Å². The number of halogens is 1. The Morgan fingerprint density at radius 3 is 2.69 bits per heavy atom. The molecule has 0 aromatic heterocycles. The Morgan fingerprint density at radius 2 is 2.23 bits per heavy atom. The second-order valence-corrected chi connectivity index (χ2v) is 3.64. The number of rotatable bonds is 3. The molecule has 0 aliphatic carbocycles. The Balaban J connectivity index is 2.83. The topological polar surface area (TPSA) is 32.7 Å². The zero-order chi connectivity index (χ0) is 9.84. The molecule has 72 valence electrons. The van der Waals surface area contributed by atoms with Crippen molar-refractivity contribution in [3.8, 4) is 5.75 Å².